The molecule has 2 rings (SSSR count). The normalized spacial score (nSPS) is 15.8. The SMILES string of the molecule is CN1CCN(C(=O)c2ccc(NN)cc2)CC1=O. The average molecular weight is 248 g/mol. The molecule has 18 heavy (non-hydrogen) atoms. The van der Waals surface area contributed by atoms with Gasteiger partial charge in [-0.25, -0.2) is 0 Å². The Labute approximate surface area is 105 Å². The summed E-state index contributed by atoms with van der Waals surface area (Å²) in [5.41, 5.74) is 3.80. The number of hydrogen-bond donors (Lipinski definition) is 2. The number of piperazine rings is 1. The largest absolute Gasteiger partial charge is 0.342 e. The maximum absolute atomic E-state index is 12.2. The number of amides is 2. The number of anilines is 1. The molecule has 96 valence electrons. The maximum atomic E-state index is 12.2. The molecular formula is C12H16N4O2. The summed E-state index contributed by atoms with van der Waals surface area (Å²) in [5, 5.41) is 0. The van der Waals surface area contributed by atoms with E-state index in [1.807, 2.05) is 0 Å². The minimum atomic E-state index is -0.125. The fraction of sp³-hybridized carbons (Fsp3) is 0.333. The van der Waals surface area contributed by atoms with Crippen LogP contribution >= 0.6 is 0 Å². The minimum absolute atomic E-state index is 0.0326. The molecule has 0 aliphatic carbocycles. The van der Waals surface area contributed by atoms with Crippen LogP contribution in [-0.2, 0) is 4.79 Å². The van der Waals surface area contributed by atoms with Crippen LogP contribution in [0.25, 0.3) is 0 Å². The van der Waals surface area contributed by atoms with E-state index >= 15 is 0 Å². The average Bonchev–Trinajstić information content (AvgIpc) is 2.41. The van der Waals surface area contributed by atoms with Gasteiger partial charge in [-0.2, -0.15) is 0 Å². The zero-order chi connectivity index (χ0) is 13.1. The molecular weight excluding hydrogens is 232 g/mol. The van der Waals surface area contributed by atoms with Crippen molar-refractivity contribution in [1.29, 1.82) is 0 Å². The third-order valence-corrected chi connectivity index (χ3v) is 3.04. The number of nitrogens with two attached hydrogens (primary N) is 1. The molecule has 0 saturated carbocycles. The fourth-order valence-corrected chi connectivity index (χ4v) is 1.82. The Bertz CT molecular complexity index is 458. The lowest BCUT2D eigenvalue weighted by molar-refractivity contribution is -0.133. The van der Waals surface area contributed by atoms with Crippen LogP contribution in [-0.4, -0.2) is 48.3 Å². The van der Waals surface area contributed by atoms with Gasteiger partial charge in [0, 0.05) is 31.4 Å². The van der Waals surface area contributed by atoms with Crippen LogP contribution in [0.1, 0.15) is 10.4 Å². The van der Waals surface area contributed by atoms with Gasteiger partial charge in [-0.1, -0.05) is 0 Å². The summed E-state index contributed by atoms with van der Waals surface area (Å²) in [6, 6.07) is 6.84. The Morgan fingerprint density at radius 3 is 2.50 bits per heavy atom. The predicted molar refractivity (Wildman–Crippen MR) is 67.8 cm³/mol. The van der Waals surface area contributed by atoms with E-state index in [1.165, 1.54) is 0 Å². The molecule has 1 heterocycles. The molecule has 2 amide bonds. The van der Waals surface area contributed by atoms with Gasteiger partial charge in [0.05, 0.1) is 0 Å². The van der Waals surface area contributed by atoms with E-state index in [0.717, 1.165) is 5.69 Å². The second-order valence-corrected chi connectivity index (χ2v) is 4.26. The predicted octanol–water partition coefficient (Wildman–Crippen LogP) is -0.114. The molecule has 0 atom stereocenters. The molecule has 6 heteroatoms. The molecule has 1 aromatic carbocycles. The fourth-order valence-electron chi connectivity index (χ4n) is 1.82. The van der Waals surface area contributed by atoms with Crippen molar-refractivity contribution in [1.82, 2.24) is 9.80 Å². The van der Waals surface area contributed by atoms with Crippen molar-refractivity contribution in [3.8, 4) is 0 Å². The Balaban J connectivity index is 2.08. The first kappa shape index (κ1) is 12.4. The zero-order valence-corrected chi connectivity index (χ0v) is 10.2. The van der Waals surface area contributed by atoms with E-state index in [1.54, 1.807) is 41.1 Å². The molecule has 0 bridgehead atoms. The van der Waals surface area contributed by atoms with Gasteiger partial charge >= 0.3 is 0 Å². The molecule has 0 aromatic heterocycles. The number of rotatable bonds is 2. The van der Waals surface area contributed by atoms with Crippen LogP contribution in [0.2, 0.25) is 0 Å². The van der Waals surface area contributed by atoms with Crippen molar-refractivity contribution in [3.63, 3.8) is 0 Å². The number of nitrogens with zero attached hydrogens (tertiary/aromatic N) is 2. The van der Waals surface area contributed by atoms with Crippen molar-refractivity contribution in [2.75, 3.05) is 32.1 Å². The number of carbonyl (C=O) groups excluding carboxylic acids is 2. The highest BCUT2D eigenvalue weighted by Gasteiger charge is 2.25. The number of hydrogen-bond acceptors (Lipinski definition) is 4. The quantitative estimate of drug-likeness (QED) is 0.565. The van der Waals surface area contributed by atoms with Gasteiger partial charge in [-0.3, -0.25) is 15.4 Å². The summed E-state index contributed by atoms with van der Waals surface area (Å²) in [4.78, 5) is 26.9. The number of hydrazine groups is 1. The highest BCUT2D eigenvalue weighted by molar-refractivity contribution is 5.97. The van der Waals surface area contributed by atoms with E-state index in [2.05, 4.69) is 5.43 Å². The van der Waals surface area contributed by atoms with Gasteiger partial charge in [0.1, 0.15) is 6.54 Å². The second-order valence-electron chi connectivity index (χ2n) is 4.26. The van der Waals surface area contributed by atoms with E-state index in [4.69, 9.17) is 5.84 Å². The molecule has 1 fully saturated rings. The maximum Gasteiger partial charge on any atom is 0.254 e. The van der Waals surface area contributed by atoms with E-state index in [9.17, 15) is 9.59 Å². The lowest BCUT2D eigenvalue weighted by Crippen LogP contribution is -2.50. The van der Waals surface area contributed by atoms with Gasteiger partial charge in [0.2, 0.25) is 5.91 Å². The van der Waals surface area contributed by atoms with Crippen LogP contribution < -0.4 is 11.3 Å². The number of carbonyl (C=O) groups is 2. The van der Waals surface area contributed by atoms with Crippen LogP contribution in [0.3, 0.4) is 0 Å². The number of benzene rings is 1. The summed E-state index contributed by atoms with van der Waals surface area (Å²) in [6.07, 6.45) is 0. The van der Waals surface area contributed by atoms with Crippen LogP contribution in [0.15, 0.2) is 24.3 Å². The van der Waals surface area contributed by atoms with Crippen molar-refractivity contribution >= 4 is 17.5 Å². The van der Waals surface area contributed by atoms with E-state index < -0.39 is 0 Å². The summed E-state index contributed by atoms with van der Waals surface area (Å²) in [5.74, 6) is 5.10. The van der Waals surface area contributed by atoms with Gasteiger partial charge in [0.25, 0.3) is 5.91 Å². The van der Waals surface area contributed by atoms with Crippen LogP contribution in [0.5, 0.6) is 0 Å². The number of likely N-dealkylation sites (N-methyl/N-ethyl adjacent to an activating group) is 1. The summed E-state index contributed by atoms with van der Waals surface area (Å²) in [6.45, 7) is 1.29. The third-order valence-electron chi connectivity index (χ3n) is 3.04. The summed E-state index contributed by atoms with van der Waals surface area (Å²) in [7, 11) is 1.74. The highest BCUT2D eigenvalue weighted by Crippen LogP contribution is 2.12. The highest BCUT2D eigenvalue weighted by atomic mass is 16.2. The van der Waals surface area contributed by atoms with Crippen molar-refractivity contribution in [3.05, 3.63) is 29.8 Å². The molecule has 0 spiro atoms. The van der Waals surface area contributed by atoms with Gasteiger partial charge in [-0.05, 0) is 24.3 Å². The van der Waals surface area contributed by atoms with Crippen molar-refractivity contribution < 1.29 is 9.59 Å². The van der Waals surface area contributed by atoms with E-state index in [0.29, 0.717) is 18.7 Å². The Hall–Kier alpha value is -2.08. The number of nitrogen functional groups attached to an aromatic ring is 1. The van der Waals surface area contributed by atoms with Crippen molar-refractivity contribution in [2.45, 2.75) is 0 Å². The first-order valence-electron chi connectivity index (χ1n) is 5.71. The monoisotopic (exact) mass is 248 g/mol. The molecule has 1 aromatic rings. The lowest BCUT2D eigenvalue weighted by atomic mass is 10.1. The van der Waals surface area contributed by atoms with Gasteiger partial charge in [-0.15, -0.1) is 0 Å². The third kappa shape index (κ3) is 2.43. The first-order valence-corrected chi connectivity index (χ1v) is 5.71. The number of nitrogens with one attached hydrogen (secondary N) is 1. The first-order chi connectivity index (χ1) is 8.61. The Morgan fingerprint density at radius 1 is 1.28 bits per heavy atom. The summed E-state index contributed by atoms with van der Waals surface area (Å²) < 4.78 is 0. The minimum Gasteiger partial charge on any atom is -0.342 e. The topological polar surface area (TPSA) is 78.7 Å². The molecule has 3 N–H and O–H groups in total. The lowest BCUT2D eigenvalue weighted by Gasteiger charge is -2.32. The zero-order valence-electron chi connectivity index (χ0n) is 10.2. The van der Waals surface area contributed by atoms with Gasteiger partial charge < -0.3 is 15.2 Å². The Kier molecular flexibility index (Phi) is 3.47. The molecule has 6 nitrogen and oxygen atoms in total. The molecule has 0 unspecified atom stereocenters. The standard InChI is InChI=1S/C12H16N4O2/c1-15-6-7-16(8-11(15)17)12(18)9-2-4-10(14-13)5-3-9/h2-5,14H,6-8,13H2,1H3. The van der Waals surface area contributed by atoms with Crippen LogP contribution in [0.4, 0.5) is 5.69 Å². The van der Waals surface area contributed by atoms with Crippen molar-refractivity contribution in [2.24, 2.45) is 5.84 Å². The smallest absolute Gasteiger partial charge is 0.254 e. The molecule has 1 aliphatic rings. The second kappa shape index (κ2) is 5.05. The van der Waals surface area contributed by atoms with Gasteiger partial charge in [0.15, 0.2) is 0 Å². The molecule has 1 saturated heterocycles. The van der Waals surface area contributed by atoms with Crippen LogP contribution in [0, 0.1) is 0 Å². The van der Waals surface area contributed by atoms with E-state index in [-0.39, 0.29) is 18.4 Å². The summed E-state index contributed by atoms with van der Waals surface area (Å²) >= 11 is 0. The molecule has 1 aliphatic heterocycles. The molecule has 0 radical (unpaired) electrons. The Morgan fingerprint density at radius 2 is 1.94 bits per heavy atom.